The lowest BCUT2D eigenvalue weighted by Gasteiger charge is -2.11. The smallest absolute Gasteiger partial charge is 0.263 e. The van der Waals surface area contributed by atoms with Crippen LogP contribution in [0.1, 0.15) is 10.4 Å². The first-order chi connectivity index (χ1) is 9.85. The fourth-order valence-corrected chi connectivity index (χ4v) is 5.15. The predicted octanol–water partition coefficient (Wildman–Crippen LogP) is 3.48. The van der Waals surface area contributed by atoms with Gasteiger partial charge in [0, 0.05) is 15.9 Å². The van der Waals surface area contributed by atoms with Gasteiger partial charge in [-0.2, -0.15) is 0 Å². The van der Waals surface area contributed by atoms with Crippen LogP contribution < -0.4 is 10.0 Å². The second kappa shape index (κ2) is 6.43. The number of benzene rings is 1. The average Bonchev–Trinajstić information content (AvgIpc) is 2.76. The second-order valence-corrected chi connectivity index (χ2v) is 7.93. The molecule has 0 spiro atoms. The Morgan fingerprint density at radius 1 is 1.38 bits per heavy atom. The fraction of sp³-hybridized carbons (Fsp3) is 0.231. The molecule has 0 atom stereocenters. The molecule has 0 unspecified atom stereocenters. The van der Waals surface area contributed by atoms with Gasteiger partial charge in [0.25, 0.3) is 10.0 Å². The third-order valence-electron chi connectivity index (χ3n) is 2.77. The normalized spacial score (nSPS) is 11.6. The van der Waals surface area contributed by atoms with Gasteiger partial charge < -0.3 is 5.32 Å². The molecular weight excluding hydrogens is 379 g/mol. The summed E-state index contributed by atoms with van der Waals surface area (Å²) >= 11 is 4.56. The summed E-state index contributed by atoms with van der Waals surface area (Å²) in [7, 11) is -2.09. The maximum atomic E-state index is 13.7. The molecule has 0 fully saturated rings. The predicted molar refractivity (Wildman–Crippen MR) is 86.7 cm³/mol. The Balaban J connectivity index is 2.43. The number of sulfonamides is 1. The third kappa shape index (κ3) is 3.63. The quantitative estimate of drug-likeness (QED) is 0.818. The highest BCUT2D eigenvalue weighted by Crippen LogP contribution is 2.30. The highest BCUT2D eigenvalue weighted by atomic mass is 79.9. The molecule has 0 amide bonds. The van der Waals surface area contributed by atoms with Crippen molar-refractivity contribution in [1.82, 2.24) is 5.32 Å². The zero-order valence-electron chi connectivity index (χ0n) is 11.4. The van der Waals surface area contributed by atoms with Gasteiger partial charge in [0.05, 0.1) is 5.69 Å². The number of rotatable bonds is 5. The Labute approximate surface area is 135 Å². The van der Waals surface area contributed by atoms with Gasteiger partial charge in [-0.15, -0.1) is 11.3 Å². The van der Waals surface area contributed by atoms with Crippen molar-refractivity contribution in [2.45, 2.75) is 18.4 Å². The van der Waals surface area contributed by atoms with E-state index in [2.05, 4.69) is 26.0 Å². The van der Waals surface area contributed by atoms with Crippen molar-refractivity contribution in [2.75, 3.05) is 11.8 Å². The molecule has 0 aliphatic rings. The Hall–Kier alpha value is -0.960. The number of aryl methyl sites for hydroxylation is 1. The van der Waals surface area contributed by atoms with E-state index in [1.807, 2.05) is 0 Å². The number of thiophene rings is 1. The SMILES string of the molecule is CNCc1scc(C)c1S(=O)(=O)Nc1cc(Br)ccc1F. The van der Waals surface area contributed by atoms with Gasteiger partial charge in [-0.05, 0) is 43.1 Å². The van der Waals surface area contributed by atoms with E-state index < -0.39 is 15.8 Å². The van der Waals surface area contributed by atoms with Gasteiger partial charge in [-0.3, -0.25) is 4.72 Å². The molecule has 0 aliphatic heterocycles. The maximum Gasteiger partial charge on any atom is 0.263 e. The summed E-state index contributed by atoms with van der Waals surface area (Å²) in [6.07, 6.45) is 0. The van der Waals surface area contributed by atoms with E-state index >= 15 is 0 Å². The summed E-state index contributed by atoms with van der Waals surface area (Å²) in [6.45, 7) is 2.16. The average molecular weight is 393 g/mol. The van der Waals surface area contributed by atoms with Crippen molar-refractivity contribution < 1.29 is 12.8 Å². The molecule has 2 N–H and O–H groups in total. The number of anilines is 1. The van der Waals surface area contributed by atoms with Crippen molar-refractivity contribution in [1.29, 1.82) is 0 Å². The summed E-state index contributed by atoms with van der Waals surface area (Å²) in [5.74, 6) is -0.621. The van der Waals surface area contributed by atoms with Gasteiger partial charge in [0.1, 0.15) is 10.7 Å². The Morgan fingerprint density at radius 2 is 2.10 bits per heavy atom. The maximum absolute atomic E-state index is 13.7. The first-order valence-electron chi connectivity index (χ1n) is 6.04. The molecule has 1 aromatic heterocycles. The minimum atomic E-state index is -3.83. The van der Waals surface area contributed by atoms with Gasteiger partial charge in [0.2, 0.25) is 0 Å². The Bertz CT molecular complexity index is 760. The Kier molecular flexibility index (Phi) is 5.03. The van der Waals surface area contributed by atoms with Crippen LogP contribution in [-0.2, 0) is 16.6 Å². The first kappa shape index (κ1) is 16.4. The highest BCUT2D eigenvalue weighted by molar-refractivity contribution is 9.10. The van der Waals surface area contributed by atoms with Gasteiger partial charge in [-0.25, -0.2) is 12.8 Å². The van der Waals surface area contributed by atoms with Crippen LogP contribution in [0.25, 0.3) is 0 Å². The fourth-order valence-electron chi connectivity index (χ4n) is 1.90. The van der Waals surface area contributed by atoms with Crippen molar-refractivity contribution in [3.05, 3.63) is 44.3 Å². The molecular formula is C13H14BrFN2O2S2. The Morgan fingerprint density at radius 3 is 2.76 bits per heavy atom. The minimum Gasteiger partial charge on any atom is -0.315 e. The van der Waals surface area contributed by atoms with Crippen molar-refractivity contribution >= 4 is 43.0 Å². The molecule has 21 heavy (non-hydrogen) atoms. The minimum absolute atomic E-state index is 0.0783. The lowest BCUT2D eigenvalue weighted by atomic mass is 10.3. The summed E-state index contributed by atoms with van der Waals surface area (Å²) < 4.78 is 41.7. The molecule has 114 valence electrons. The van der Waals surface area contributed by atoms with Crippen LogP contribution in [0.3, 0.4) is 0 Å². The standard InChI is InChI=1S/C13H14BrFN2O2S2/c1-8-7-20-12(6-16-2)13(8)21(18,19)17-11-5-9(14)3-4-10(11)15/h3-5,7,16-17H,6H2,1-2H3. The molecule has 2 aromatic rings. The van der Waals surface area contributed by atoms with E-state index in [0.717, 1.165) is 0 Å². The topological polar surface area (TPSA) is 58.2 Å². The molecule has 0 aliphatic carbocycles. The van der Waals surface area contributed by atoms with Gasteiger partial charge in [-0.1, -0.05) is 15.9 Å². The van der Waals surface area contributed by atoms with E-state index in [0.29, 0.717) is 21.5 Å². The van der Waals surface area contributed by atoms with E-state index in [1.165, 1.54) is 29.5 Å². The molecule has 1 heterocycles. The van der Waals surface area contributed by atoms with Crippen molar-refractivity contribution in [3.63, 3.8) is 0 Å². The van der Waals surface area contributed by atoms with E-state index in [9.17, 15) is 12.8 Å². The van der Waals surface area contributed by atoms with Crippen LogP contribution in [0.2, 0.25) is 0 Å². The van der Waals surface area contributed by atoms with Crippen LogP contribution in [0.4, 0.5) is 10.1 Å². The molecule has 1 aromatic carbocycles. The van der Waals surface area contributed by atoms with E-state index in [-0.39, 0.29) is 10.6 Å². The van der Waals surface area contributed by atoms with Crippen LogP contribution >= 0.6 is 27.3 Å². The number of nitrogens with one attached hydrogen (secondary N) is 2. The van der Waals surface area contributed by atoms with E-state index in [4.69, 9.17) is 0 Å². The van der Waals surface area contributed by atoms with Gasteiger partial charge in [0.15, 0.2) is 0 Å². The monoisotopic (exact) mass is 392 g/mol. The second-order valence-electron chi connectivity index (χ2n) is 4.43. The summed E-state index contributed by atoms with van der Waals surface area (Å²) in [6, 6.07) is 4.11. The van der Waals surface area contributed by atoms with Crippen LogP contribution in [0, 0.1) is 12.7 Å². The molecule has 8 heteroatoms. The third-order valence-corrected chi connectivity index (χ3v) is 6.09. The van der Waals surface area contributed by atoms with Crippen molar-refractivity contribution in [2.24, 2.45) is 0 Å². The first-order valence-corrected chi connectivity index (χ1v) is 9.20. The number of hydrogen-bond donors (Lipinski definition) is 2. The number of hydrogen-bond acceptors (Lipinski definition) is 4. The molecule has 0 bridgehead atoms. The lowest BCUT2D eigenvalue weighted by molar-refractivity contribution is 0.597. The summed E-state index contributed by atoms with van der Waals surface area (Å²) in [5, 5.41) is 4.71. The molecule has 2 rings (SSSR count). The molecule has 0 radical (unpaired) electrons. The number of halogens is 2. The van der Waals surface area contributed by atoms with E-state index in [1.54, 1.807) is 19.4 Å². The van der Waals surface area contributed by atoms with Crippen LogP contribution in [-0.4, -0.2) is 15.5 Å². The molecule has 4 nitrogen and oxygen atoms in total. The molecule has 0 saturated carbocycles. The zero-order chi connectivity index (χ0) is 15.6. The van der Waals surface area contributed by atoms with Crippen LogP contribution in [0.15, 0.2) is 32.9 Å². The van der Waals surface area contributed by atoms with Crippen molar-refractivity contribution in [3.8, 4) is 0 Å². The molecule has 0 saturated heterocycles. The summed E-state index contributed by atoms with van der Waals surface area (Å²) in [4.78, 5) is 0.902. The van der Waals surface area contributed by atoms with Crippen LogP contribution in [0.5, 0.6) is 0 Å². The summed E-state index contributed by atoms with van der Waals surface area (Å²) in [5.41, 5.74) is 0.568. The highest BCUT2D eigenvalue weighted by Gasteiger charge is 2.24. The largest absolute Gasteiger partial charge is 0.315 e. The lowest BCUT2D eigenvalue weighted by Crippen LogP contribution is -2.17. The zero-order valence-corrected chi connectivity index (χ0v) is 14.6. The van der Waals surface area contributed by atoms with Gasteiger partial charge >= 0.3 is 0 Å².